The van der Waals surface area contributed by atoms with Crippen LogP contribution < -0.4 is 4.90 Å². The summed E-state index contributed by atoms with van der Waals surface area (Å²) in [5, 5.41) is 9.67. The molecule has 0 spiro atoms. The van der Waals surface area contributed by atoms with Crippen molar-refractivity contribution in [3.8, 4) is 0 Å². The zero-order valence-electron chi connectivity index (χ0n) is 10.4. The van der Waals surface area contributed by atoms with Gasteiger partial charge >= 0.3 is 5.97 Å². The van der Waals surface area contributed by atoms with E-state index in [1.54, 1.807) is 12.1 Å². The molecule has 1 fully saturated rings. The Balaban J connectivity index is 2.35. The molecule has 2 rings (SSSR count). The molecule has 1 aliphatic rings. The standard InChI is InChI=1S/C13H16ClNO3/c1-8-6-15(7-9(2)18-8)12-4-3-10(14)5-11(12)13(16)17/h3-5,8-9H,6-7H2,1-2H3,(H,16,17). The number of carbonyl (C=O) groups is 1. The molecule has 1 N–H and O–H groups in total. The molecule has 2 atom stereocenters. The quantitative estimate of drug-likeness (QED) is 0.897. The van der Waals surface area contributed by atoms with Gasteiger partial charge in [0.1, 0.15) is 0 Å². The van der Waals surface area contributed by atoms with Crippen LogP contribution >= 0.6 is 11.6 Å². The molecule has 0 aliphatic carbocycles. The second-order valence-electron chi connectivity index (χ2n) is 4.63. The second kappa shape index (κ2) is 5.16. The van der Waals surface area contributed by atoms with Gasteiger partial charge in [0.2, 0.25) is 0 Å². The van der Waals surface area contributed by atoms with Crippen LogP contribution in [0.3, 0.4) is 0 Å². The summed E-state index contributed by atoms with van der Waals surface area (Å²) < 4.78 is 5.65. The number of rotatable bonds is 2. The predicted molar refractivity (Wildman–Crippen MR) is 70.6 cm³/mol. The van der Waals surface area contributed by atoms with E-state index in [9.17, 15) is 9.90 Å². The highest BCUT2D eigenvalue weighted by molar-refractivity contribution is 6.31. The van der Waals surface area contributed by atoms with E-state index in [0.717, 1.165) is 0 Å². The number of carboxylic acid groups (broad SMARTS) is 1. The number of halogens is 1. The highest BCUT2D eigenvalue weighted by Crippen LogP contribution is 2.27. The van der Waals surface area contributed by atoms with Gasteiger partial charge in [0, 0.05) is 18.1 Å². The lowest BCUT2D eigenvalue weighted by molar-refractivity contribution is -0.00531. The van der Waals surface area contributed by atoms with Gasteiger partial charge in [0.15, 0.2) is 0 Å². The minimum absolute atomic E-state index is 0.0890. The first-order valence-corrected chi connectivity index (χ1v) is 6.28. The third-order valence-electron chi connectivity index (χ3n) is 2.95. The first kappa shape index (κ1) is 13.2. The summed E-state index contributed by atoms with van der Waals surface area (Å²) in [6.07, 6.45) is 0.178. The minimum Gasteiger partial charge on any atom is -0.478 e. The summed E-state index contributed by atoms with van der Waals surface area (Å²) in [5.41, 5.74) is 0.942. The molecule has 1 aromatic rings. The van der Waals surface area contributed by atoms with Gasteiger partial charge < -0.3 is 14.7 Å². The molecule has 4 nitrogen and oxygen atoms in total. The summed E-state index contributed by atoms with van der Waals surface area (Å²) in [7, 11) is 0. The summed E-state index contributed by atoms with van der Waals surface area (Å²) in [5.74, 6) is -0.959. The van der Waals surface area contributed by atoms with Crippen molar-refractivity contribution in [1.29, 1.82) is 0 Å². The first-order chi connectivity index (χ1) is 8.47. The number of ether oxygens (including phenoxy) is 1. The van der Waals surface area contributed by atoms with Crippen LogP contribution in [-0.2, 0) is 4.74 Å². The number of benzene rings is 1. The summed E-state index contributed by atoms with van der Waals surface area (Å²) in [4.78, 5) is 13.3. The van der Waals surface area contributed by atoms with Gasteiger partial charge in [-0.05, 0) is 32.0 Å². The Labute approximate surface area is 111 Å². The lowest BCUT2D eigenvalue weighted by Gasteiger charge is -2.37. The normalized spacial score (nSPS) is 24.1. The SMILES string of the molecule is CC1CN(c2ccc(Cl)cc2C(=O)O)CC(C)O1. The Morgan fingerprint density at radius 3 is 2.56 bits per heavy atom. The number of morpholine rings is 1. The first-order valence-electron chi connectivity index (χ1n) is 5.90. The average Bonchev–Trinajstić information content (AvgIpc) is 2.27. The third kappa shape index (κ3) is 2.76. The molecule has 0 radical (unpaired) electrons. The van der Waals surface area contributed by atoms with Crippen molar-refractivity contribution in [2.45, 2.75) is 26.1 Å². The Kier molecular flexibility index (Phi) is 3.78. The Morgan fingerprint density at radius 1 is 1.39 bits per heavy atom. The van der Waals surface area contributed by atoms with Crippen molar-refractivity contribution in [1.82, 2.24) is 0 Å². The molecule has 1 aliphatic heterocycles. The summed E-state index contributed by atoms with van der Waals surface area (Å²) in [6.45, 7) is 5.34. The van der Waals surface area contributed by atoms with Crippen molar-refractivity contribution in [3.05, 3.63) is 28.8 Å². The molecule has 18 heavy (non-hydrogen) atoms. The van der Waals surface area contributed by atoms with Gasteiger partial charge in [-0.25, -0.2) is 4.79 Å². The molecule has 2 unspecified atom stereocenters. The van der Waals surface area contributed by atoms with Gasteiger partial charge in [-0.3, -0.25) is 0 Å². The predicted octanol–water partition coefficient (Wildman–Crippen LogP) is 2.65. The van der Waals surface area contributed by atoms with Gasteiger partial charge in [0.05, 0.1) is 23.5 Å². The molecule has 1 heterocycles. The molecular weight excluding hydrogens is 254 g/mol. The van der Waals surface area contributed by atoms with Crippen LogP contribution in [0.4, 0.5) is 5.69 Å². The number of hydrogen-bond donors (Lipinski definition) is 1. The van der Waals surface area contributed by atoms with Gasteiger partial charge in [-0.1, -0.05) is 11.6 Å². The zero-order chi connectivity index (χ0) is 13.3. The molecule has 0 saturated carbocycles. The van der Waals surface area contributed by atoms with E-state index >= 15 is 0 Å². The van der Waals surface area contributed by atoms with Crippen LogP contribution in [0, 0.1) is 0 Å². The molecule has 1 aromatic carbocycles. The molecule has 0 amide bonds. The fraction of sp³-hybridized carbons (Fsp3) is 0.462. The summed E-state index contributed by atoms with van der Waals surface area (Å²) >= 11 is 5.85. The zero-order valence-corrected chi connectivity index (χ0v) is 11.1. The number of hydrogen-bond acceptors (Lipinski definition) is 3. The van der Waals surface area contributed by atoms with E-state index < -0.39 is 5.97 Å². The molecule has 5 heteroatoms. The van der Waals surface area contributed by atoms with Gasteiger partial charge in [-0.2, -0.15) is 0 Å². The van der Waals surface area contributed by atoms with Crippen molar-refractivity contribution in [2.24, 2.45) is 0 Å². The Bertz CT molecular complexity index is 454. The van der Waals surface area contributed by atoms with Crippen LogP contribution in [0.5, 0.6) is 0 Å². The van der Waals surface area contributed by atoms with Crippen molar-refractivity contribution < 1.29 is 14.6 Å². The van der Waals surface area contributed by atoms with E-state index in [1.165, 1.54) is 6.07 Å². The van der Waals surface area contributed by atoms with Crippen LogP contribution in [-0.4, -0.2) is 36.4 Å². The van der Waals surface area contributed by atoms with Crippen molar-refractivity contribution >= 4 is 23.3 Å². The fourth-order valence-corrected chi connectivity index (χ4v) is 2.50. The topological polar surface area (TPSA) is 49.8 Å². The molecule has 98 valence electrons. The summed E-state index contributed by atoms with van der Waals surface area (Å²) in [6, 6.07) is 4.97. The van der Waals surface area contributed by atoms with E-state index in [0.29, 0.717) is 23.8 Å². The molecular formula is C13H16ClNO3. The average molecular weight is 270 g/mol. The Morgan fingerprint density at radius 2 is 2.00 bits per heavy atom. The van der Waals surface area contributed by atoms with Gasteiger partial charge in [0.25, 0.3) is 0 Å². The lowest BCUT2D eigenvalue weighted by atomic mass is 10.1. The van der Waals surface area contributed by atoms with E-state index in [1.807, 2.05) is 18.7 Å². The third-order valence-corrected chi connectivity index (χ3v) is 3.18. The number of aromatic carboxylic acids is 1. The largest absolute Gasteiger partial charge is 0.478 e. The van der Waals surface area contributed by atoms with E-state index in [-0.39, 0.29) is 17.8 Å². The maximum absolute atomic E-state index is 11.3. The maximum atomic E-state index is 11.3. The van der Waals surface area contributed by atoms with Crippen LogP contribution in [0.25, 0.3) is 0 Å². The number of anilines is 1. The Hall–Kier alpha value is -1.26. The van der Waals surface area contributed by atoms with E-state index in [4.69, 9.17) is 16.3 Å². The molecule has 1 saturated heterocycles. The number of nitrogens with zero attached hydrogens (tertiary/aromatic N) is 1. The lowest BCUT2D eigenvalue weighted by Crippen LogP contribution is -2.46. The highest BCUT2D eigenvalue weighted by atomic mass is 35.5. The monoisotopic (exact) mass is 269 g/mol. The smallest absolute Gasteiger partial charge is 0.337 e. The van der Waals surface area contributed by atoms with E-state index in [2.05, 4.69) is 0 Å². The van der Waals surface area contributed by atoms with Crippen LogP contribution in [0.2, 0.25) is 5.02 Å². The maximum Gasteiger partial charge on any atom is 0.337 e. The van der Waals surface area contributed by atoms with Gasteiger partial charge in [-0.15, -0.1) is 0 Å². The number of carboxylic acids is 1. The van der Waals surface area contributed by atoms with Crippen LogP contribution in [0.15, 0.2) is 18.2 Å². The molecule has 0 bridgehead atoms. The van der Waals surface area contributed by atoms with Crippen molar-refractivity contribution in [3.63, 3.8) is 0 Å². The highest BCUT2D eigenvalue weighted by Gasteiger charge is 2.25. The minimum atomic E-state index is -0.959. The van der Waals surface area contributed by atoms with Crippen LogP contribution in [0.1, 0.15) is 24.2 Å². The molecule has 0 aromatic heterocycles. The van der Waals surface area contributed by atoms with Crippen molar-refractivity contribution in [2.75, 3.05) is 18.0 Å². The second-order valence-corrected chi connectivity index (χ2v) is 5.07. The fourth-order valence-electron chi connectivity index (χ4n) is 2.33.